The van der Waals surface area contributed by atoms with Crippen LogP contribution in [0, 0.1) is 0 Å². The van der Waals surface area contributed by atoms with Gasteiger partial charge in [0, 0.05) is 5.41 Å². The molecule has 0 atom stereocenters. The highest BCUT2D eigenvalue weighted by atomic mass is 16.6. The van der Waals surface area contributed by atoms with Crippen LogP contribution in [0.15, 0.2) is 0 Å². The topological polar surface area (TPSA) is 79.9 Å². The molecule has 0 bridgehead atoms. The maximum absolute atomic E-state index is 11.2. The van der Waals surface area contributed by atoms with E-state index in [1.165, 1.54) is 7.11 Å². The number of H-pyrrole nitrogens is 1. The third kappa shape index (κ3) is 2.29. The number of hydrogen-bond donors (Lipinski definition) is 2. The van der Waals surface area contributed by atoms with Crippen molar-refractivity contribution in [2.24, 2.45) is 0 Å². The minimum absolute atomic E-state index is 0.0803. The van der Waals surface area contributed by atoms with Crippen LogP contribution < -0.4 is 5.48 Å². The molecule has 0 radical (unpaired) electrons. The van der Waals surface area contributed by atoms with Crippen LogP contribution in [0.3, 0.4) is 0 Å². The van der Waals surface area contributed by atoms with Crippen molar-refractivity contribution in [2.75, 3.05) is 7.11 Å². The minimum atomic E-state index is -0.459. The third-order valence-electron chi connectivity index (χ3n) is 1.59. The van der Waals surface area contributed by atoms with Crippen LogP contribution in [-0.2, 0) is 10.3 Å². The fraction of sp³-hybridized carbons (Fsp3) is 0.625. The summed E-state index contributed by atoms with van der Waals surface area (Å²) in [5, 5.41) is 6.48. The number of nitrogens with one attached hydrogen (secondary N) is 2. The fourth-order valence-corrected chi connectivity index (χ4v) is 0.837. The van der Waals surface area contributed by atoms with Crippen molar-refractivity contribution in [2.45, 2.75) is 26.2 Å². The first-order chi connectivity index (χ1) is 6.45. The van der Waals surface area contributed by atoms with Crippen LogP contribution >= 0.6 is 0 Å². The lowest BCUT2D eigenvalue weighted by Crippen LogP contribution is -2.23. The van der Waals surface area contributed by atoms with Crippen LogP contribution in [0.1, 0.15) is 37.2 Å². The molecular weight excluding hydrogens is 184 g/mol. The van der Waals surface area contributed by atoms with Crippen molar-refractivity contribution in [3.8, 4) is 0 Å². The molecule has 0 aliphatic heterocycles. The van der Waals surface area contributed by atoms with E-state index in [2.05, 4.69) is 25.5 Å². The lowest BCUT2D eigenvalue weighted by molar-refractivity contribution is 0.0527. The van der Waals surface area contributed by atoms with E-state index in [1.54, 1.807) is 0 Å². The summed E-state index contributed by atoms with van der Waals surface area (Å²) in [6.07, 6.45) is 0. The van der Waals surface area contributed by atoms with Gasteiger partial charge in [-0.3, -0.25) is 14.7 Å². The number of nitrogens with zero attached hydrogens (tertiary/aromatic N) is 2. The van der Waals surface area contributed by atoms with Gasteiger partial charge in [0.2, 0.25) is 5.82 Å². The number of hydroxylamine groups is 1. The Balaban J connectivity index is 2.83. The Labute approximate surface area is 82.0 Å². The summed E-state index contributed by atoms with van der Waals surface area (Å²) in [6, 6.07) is 0. The molecule has 1 rings (SSSR count). The minimum Gasteiger partial charge on any atom is -0.277 e. The second-order valence-corrected chi connectivity index (χ2v) is 3.89. The van der Waals surface area contributed by atoms with Gasteiger partial charge in [0.05, 0.1) is 7.11 Å². The molecule has 0 fully saturated rings. The van der Waals surface area contributed by atoms with Gasteiger partial charge in [-0.25, -0.2) is 10.5 Å². The van der Waals surface area contributed by atoms with Crippen LogP contribution in [0.5, 0.6) is 0 Å². The summed E-state index contributed by atoms with van der Waals surface area (Å²) in [5.41, 5.74) is 1.99. The predicted molar refractivity (Wildman–Crippen MR) is 49.6 cm³/mol. The van der Waals surface area contributed by atoms with Gasteiger partial charge >= 0.3 is 5.91 Å². The smallest absolute Gasteiger partial charge is 0.277 e. The SMILES string of the molecule is CONC(=O)c1n[nH]c(C(C)(C)C)n1. The first kappa shape index (κ1) is 10.6. The zero-order valence-electron chi connectivity index (χ0n) is 8.71. The van der Waals surface area contributed by atoms with E-state index in [0.29, 0.717) is 5.82 Å². The van der Waals surface area contributed by atoms with Gasteiger partial charge in [0.25, 0.3) is 0 Å². The van der Waals surface area contributed by atoms with Gasteiger partial charge in [-0.05, 0) is 0 Å². The van der Waals surface area contributed by atoms with Gasteiger partial charge < -0.3 is 0 Å². The molecule has 0 spiro atoms. The average molecular weight is 198 g/mol. The zero-order valence-corrected chi connectivity index (χ0v) is 8.71. The van der Waals surface area contributed by atoms with Crippen molar-refractivity contribution in [3.05, 3.63) is 11.6 Å². The van der Waals surface area contributed by atoms with E-state index in [0.717, 1.165) is 0 Å². The molecule has 0 aliphatic carbocycles. The highest BCUT2D eigenvalue weighted by Crippen LogP contribution is 2.17. The Morgan fingerprint density at radius 3 is 2.57 bits per heavy atom. The van der Waals surface area contributed by atoms with Crippen LogP contribution in [0.4, 0.5) is 0 Å². The monoisotopic (exact) mass is 198 g/mol. The summed E-state index contributed by atoms with van der Waals surface area (Å²) in [5.74, 6) is 0.287. The Kier molecular flexibility index (Phi) is 2.85. The van der Waals surface area contributed by atoms with Gasteiger partial charge in [0.15, 0.2) is 0 Å². The predicted octanol–water partition coefficient (Wildman–Crippen LogP) is 0.393. The number of carbonyl (C=O) groups excluding carboxylic acids is 1. The molecule has 1 heterocycles. The van der Waals surface area contributed by atoms with Gasteiger partial charge in [0.1, 0.15) is 5.82 Å². The van der Waals surface area contributed by atoms with Gasteiger partial charge in [-0.15, -0.1) is 5.10 Å². The zero-order chi connectivity index (χ0) is 10.8. The van der Waals surface area contributed by atoms with E-state index in [9.17, 15) is 4.79 Å². The molecule has 0 unspecified atom stereocenters. The first-order valence-electron chi connectivity index (χ1n) is 4.21. The molecule has 1 aromatic rings. The Hall–Kier alpha value is -1.43. The van der Waals surface area contributed by atoms with Crippen molar-refractivity contribution in [3.63, 3.8) is 0 Å². The van der Waals surface area contributed by atoms with Gasteiger partial charge in [-0.1, -0.05) is 20.8 Å². The Morgan fingerprint density at radius 2 is 2.14 bits per heavy atom. The molecule has 2 N–H and O–H groups in total. The molecule has 6 nitrogen and oxygen atoms in total. The molecule has 0 aromatic carbocycles. The van der Waals surface area contributed by atoms with Crippen LogP contribution in [0.2, 0.25) is 0 Å². The summed E-state index contributed by atoms with van der Waals surface area (Å²) >= 11 is 0. The number of aromatic nitrogens is 3. The van der Waals surface area contributed by atoms with Crippen LogP contribution in [-0.4, -0.2) is 28.2 Å². The molecule has 0 aliphatic rings. The van der Waals surface area contributed by atoms with Crippen molar-refractivity contribution in [1.29, 1.82) is 0 Å². The Morgan fingerprint density at radius 1 is 1.50 bits per heavy atom. The van der Waals surface area contributed by atoms with Gasteiger partial charge in [-0.2, -0.15) is 0 Å². The number of aromatic amines is 1. The second-order valence-electron chi connectivity index (χ2n) is 3.89. The largest absolute Gasteiger partial charge is 0.314 e. The first-order valence-corrected chi connectivity index (χ1v) is 4.21. The lowest BCUT2D eigenvalue weighted by atomic mass is 9.96. The molecule has 78 valence electrons. The van der Waals surface area contributed by atoms with Crippen molar-refractivity contribution >= 4 is 5.91 Å². The fourth-order valence-electron chi connectivity index (χ4n) is 0.837. The number of amides is 1. The normalized spacial score (nSPS) is 11.4. The van der Waals surface area contributed by atoms with E-state index in [1.807, 2.05) is 20.8 Å². The summed E-state index contributed by atoms with van der Waals surface area (Å²) in [7, 11) is 1.36. The highest BCUT2D eigenvalue weighted by molar-refractivity contribution is 5.89. The summed E-state index contributed by atoms with van der Waals surface area (Å²) < 4.78 is 0. The average Bonchev–Trinajstić information content (AvgIpc) is 2.51. The molecular formula is C8H14N4O2. The standard InChI is InChI=1S/C8H14N4O2/c1-8(2,3)7-9-5(10-11-7)6(13)12-14-4/h1-4H3,(H,12,13)(H,9,10,11). The number of carbonyl (C=O) groups is 1. The highest BCUT2D eigenvalue weighted by Gasteiger charge is 2.20. The maximum Gasteiger partial charge on any atom is 0.314 e. The maximum atomic E-state index is 11.2. The third-order valence-corrected chi connectivity index (χ3v) is 1.59. The molecule has 6 heteroatoms. The lowest BCUT2D eigenvalue weighted by Gasteiger charge is -2.12. The Bertz CT molecular complexity index is 326. The molecule has 0 saturated carbocycles. The summed E-state index contributed by atoms with van der Waals surface area (Å²) in [6.45, 7) is 5.93. The van der Waals surface area contributed by atoms with E-state index in [4.69, 9.17) is 0 Å². The van der Waals surface area contributed by atoms with Crippen molar-refractivity contribution in [1.82, 2.24) is 20.7 Å². The quantitative estimate of drug-likeness (QED) is 0.674. The molecule has 14 heavy (non-hydrogen) atoms. The molecule has 0 saturated heterocycles. The van der Waals surface area contributed by atoms with Crippen molar-refractivity contribution < 1.29 is 9.63 Å². The molecule has 1 amide bonds. The van der Waals surface area contributed by atoms with Crippen LogP contribution in [0.25, 0.3) is 0 Å². The van der Waals surface area contributed by atoms with E-state index < -0.39 is 5.91 Å². The number of rotatable bonds is 2. The number of hydrogen-bond acceptors (Lipinski definition) is 4. The summed E-state index contributed by atoms with van der Waals surface area (Å²) in [4.78, 5) is 19.7. The second kappa shape index (κ2) is 3.75. The molecule has 1 aromatic heterocycles. The van der Waals surface area contributed by atoms with E-state index in [-0.39, 0.29) is 11.2 Å². The van der Waals surface area contributed by atoms with E-state index >= 15 is 0 Å².